The molecule has 2 aromatic heterocycles. The number of nitroso groups, excluding NO2 is 1. The van der Waals surface area contributed by atoms with Gasteiger partial charge in [0.15, 0.2) is 5.65 Å². The van der Waals surface area contributed by atoms with E-state index in [1.54, 1.807) is 10.6 Å². The van der Waals surface area contributed by atoms with Gasteiger partial charge in [-0.25, -0.2) is 4.98 Å². The SMILES string of the molecule is Cc1cc(-n2c(Cl)cc3c(=O)n(CC4(O)CCN([N+](=O)[C@]5(C)C[C@H]5C(F)(F)F)CC4)cnc32)ccc1[C@H]1CO[C@H](C)CN1. The summed E-state index contributed by atoms with van der Waals surface area (Å²) < 4.78 is 48.2. The standard InChI is InChI=1S/C29H35ClF3N6O4/c1-17-10-19(4-5-20(17)22-14-43-18(2)13-34-22)38-24(30)11-21-25(38)35-16-36(26(21)40)15-28(41)6-8-37(9-7-28)39(42)27(3)12-23(27)29(31,32)33/h4-5,10-11,16,18,22-23,34,41H,6-9,12-15H2,1-3H3/q+1/t18-,22-,23-,27-/m1/s1. The van der Waals surface area contributed by atoms with Crippen LogP contribution >= 0.6 is 11.6 Å². The zero-order chi connectivity index (χ0) is 30.9. The molecule has 43 heavy (non-hydrogen) atoms. The van der Waals surface area contributed by atoms with E-state index >= 15 is 0 Å². The van der Waals surface area contributed by atoms with Crippen LogP contribution in [0.1, 0.15) is 50.3 Å². The molecule has 1 aliphatic carbocycles. The summed E-state index contributed by atoms with van der Waals surface area (Å²) in [5.74, 6) is -1.66. The van der Waals surface area contributed by atoms with Crippen molar-refractivity contribution in [3.8, 4) is 5.69 Å². The summed E-state index contributed by atoms with van der Waals surface area (Å²) in [6, 6.07) is 7.57. The molecule has 3 aliphatic rings. The highest BCUT2D eigenvalue weighted by Crippen LogP contribution is 2.55. The van der Waals surface area contributed by atoms with Crippen LogP contribution < -0.4 is 10.9 Å². The van der Waals surface area contributed by atoms with Gasteiger partial charge in [0, 0.05) is 38.4 Å². The second-order valence-corrected chi connectivity index (χ2v) is 12.9. The Labute approximate surface area is 250 Å². The first-order chi connectivity index (χ1) is 20.2. The van der Waals surface area contributed by atoms with Crippen LogP contribution in [0.4, 0.5) is 13.2 Å². The van der Waals surface area contributed by atoms with Crippen LogP contribution in [0.25, 0.3) is 16.7 Å². The van der Waals surface area contributed by atoms with Crippen molar-refractivity contribution in [1.29, 1.82) is 0 Å². The van der Waals surface area contributed by atoms with Gasteiger partial charge in [-0.1, -0.05) is 17.7 Å². The van der Waals surface area contributed by atoms with Gasteiger partial charge in [0.05, 0.1) is 54.3 Å². The number of hydrogen-bond acceptors (Lipinski definition) is 6. The minimum atomic E-state index is -4.42. The molecule has 2 aliphatic heterocycles. The van der Waals surface area contributed by atoms with Crippen molar-refractivity contribution in [2.75, 3.05) is 26.2 Å². The number of hydrazine groups is 1. The van der Waals surface area contributed by atoms with Crippen molar-refractivity contribution in [3.63, 3.8) is 0 Å². The smallest absolute Gasteiger partial charge is 0.388 e. The Morgan fingerprint density at radius 3 is 2.58 bits per heavy atom. The fraction of sp³-hybridized carbons (Fsp3) is 0.586. The predicted octanol–water partition coefficient (Wildman–Crippen LogP) is 4.06. The fourth-order valence-electron chi connectivity index (χ4n) is 6.45. The maximum absolute atomic E-state index is 13.5. The number of ether oxygens (including phenoxy) is 1. The number of nitrogens with zero attached hydrogens (tertiary/aromatic N) is 5. The molecule has 0 unspecified atom stereocenters. The Kier molecular flexibility index (Phi) is 7.38. The minimum absolute atomic E-state index is 0.0731. The van der Waals surface area contributed by atoms with Gasteiger partial charge >= 0.3 is 6.18 Å². The van der Waals surface area contributed by atoms with Crippen molar-refractivity contribution < 1.29 is 27.9 Å². The van der Waals surface area contributed by atoms with Crippen molar-refractivity contribution in [3.05, 3.63) is 62.1 Å². The van der Waals surface area contributed by atoms with E-state index in [2.05, 4.69) is 10.3 Å². The van der Waals surface area contributed by atoms with E-state index in [1.165, 1.54) is 22.8 Å². The van der Waals surface area contributed by atoms with Crippen LogP contribution in [0, 0.1) is 17.7 Å². The topological polar surface area (TPSA) is 105 Å². The highest BCUT2D eigenvalue weighted by Gasteiger charge is 2.76. The Morgan fingerprint density at radius 1 is 1.26 bits per heavy atom. The Balaban J connectivity index is 1.18. The molecular weight excluding hydrogens is 589 g/mol. The number of nitrogens with one attached hydrogen (secondary N) is 1. The summed E-state index contributed by atoms with van der Waals surface area (Å²) >= 11 is 6.61. The summed E-state index contributed by atoms with van der Waals surface area (Å²) in [4.78, 5) is 31.2. The van der Waals surface area contributed by atoms with Crippen LogP contribution in [0.15, 0.2) is 35.4 Å². The summed E-state index contributed by atoms with van der Waals surface area (Å²) in [6.45, 7) is 6.77. The molecule has 4 heterocycles. The number of hydrogen-bond donors (Lipinski definition) is 2. The zero-order valence-corrected chi connectivity index (χ0v) is 25.0. The van der Waals surface area contributed by atoms with Crippen LogP contribution in [-0.4, -0.2) is 78.8 Å². The van der Waals surface area contributed by atoms with Gasteiger partial charge in [0.25, 0.3) is 11.1 Å². The molecule has 0 radical (unpaired) electrons. The summed E-state index contributed by atoms with van der Waals surface area (Å²) in [7, 11) is 0. The molecule has 10 nitrogen and oxygen atoms in total. The van der Waals surface area contributed by atoms with Gasteiger partial charge in [-0.3, -0.25) is 13.9 Å². The largest absolute Gasteiger partial charge is 0.399 e. The number of piperidine rings is 1. The number of aliphatic hydroxyl groups is 1. The molecule has 2 N–H and O–H groups in total. The van der Waals surface area contributed by atoms with Crippen LogP contribution in [0.3, 0.4) is 0 Å². The number of fused-ring (bicyclic) bond motifs is 1. The third-order valence-electron chi connectivity index (χ3n) is 9.26. The molecule has 2 saturated heterocycles. The predicted molar refractivity (Wildman–Crippen MR) is 153 cm³/mol. The minimum Gasteiger partial charge on any atom is -0.388 e. The van der Waals surface area contributed by atoms with E-state index in [9.17, 15) is 28.0 Å². The summed E-state index contributed by atoms with van der Waals surface area (Å²) in [5.41, 5.74) is 0.0479. The van der Waals surface area contributed by atoms with Gasteiger partial charge in [-0.05, 0) is 43.2 Å². The van der Waals surface area contributed by atoms with E-state index in [0.717, 1.165) is 23.4 Å². The normalized spacial score (nSPS) is 27.4. The highest BCUT2D eigenvalue weighted by molar-refractivity contribution is 6.31. The first-order valence-corrected chi connectivity index (χ1v) is 14.8. The molecule has 1 aromatic carbocycles. The summed E-state index contributed by atoms with van der Waals surface area (Å²) in [5, 5.41) is 16.7. The Morgan fingerprint density at radius 2 is 1.98 bits per heavy atom. The average molecular weight is 624 g/mol. The maximum Gasteiger partial charge on any atom is 0.399 e. The Hall–Kier alpha value is -3.00. The van der Waals surface area contributed by atoms with E-state index in [-0.39, 0.29) is 62.0 Å². The number of alkyl halides is 3. The van der Waals surface area contributed by atoms with E-state index < -0.39 is 23.2 Å². The lowest BCUT2D eigenvalue weighted by Crippen LogP contribution is -2.53. The first kappa shape index (κ1) is 30.0. The van der Waals surface area contributed by atoms with Crippen LogP contribution in [0.5, 0.6) is 0 Å². The third-order valence-corrected chi connectivity index (χ3v) is 9.54. The lowest BCUT2D eigenvalue weighted by molar-refractivity contribution is -0.750. The van der Waals surface area contributed by atoms with Crippen LogP contribution in [-0.2, 0) is 11.3 Å². The van der Waals surface area contributed by atoms with Crippen molar-refractivity contribution in [2.45, 2.75) is 76.0 Å². The molecule has 0 amide bonds. The molecule has 232 valence electrons. The molecule has 4 atom stereocenters. The van der Waals surface area contributed by atoms with Gasteiger partial charge in [0.2, 0.25) is 0 Å². The second-order valence-electron chi connectivity index (χ2n) is 12.5. The number of aryl methyl sites for hydroxylation is 1. The van der Waals surface area contributed by atoms with Gasteiger partial charge in [0.1, 0.15) is 22.3 Å². The van der Waals surface area contributed by atoms with Crippen LogP contribution in [0.2, 0.25) is 5.15 Å². The lowest BCUT2D eigenvalue weighted by atomic mass is 9.92. The number of benzene rings is 1. The zero-order valence-electron chi connectivity index (χ0n) is 24.2. The molecule has 6 rings (SSSR count). The van der Waals surface area contributed by atoms with Crippen molar-refractivity contribution in [2.24, 2.45) is 5.92 Å². The highest BCUT2D eigenvalue weighted by atomic mass is 35.5. The molecule has 14 heteroatoms. The third kappa shape index (κ3) is 5.45. The number of halogens is 4. The Bertz CT molecular complexity index is 1620. The lowest BCUT2D eigenvalue weighted by Gasteiger charge is -2.35. The number of rotatable bonds is 6. The quantitative estimate of drug-likeness (QED) is 0.399. The molecular formula is C29H35ClF3N6O4+. The monoisotopic (exact) mass is 623 g/mol. The molecule has 0 spiro atoms. The van der Waals surface area contributed by atoms with Gasteiger partial charge < -0.3 is 15.2 Å². The molecule has 0 bridgehead atoms. The molecule has 3 aromatic rings. The number of aromatic nitrogens is 3. The van der Waals surface area contributed by atoms with E-state index in [0.29, 0.717) is 22.3 Å². The molecule has 1 saturated carbocycles. The van der Waals surface area contributed by atoms with E-state index in [4.69, 9.17) is 16.3 Å². The van der Waals surface area contributed by atoms with Crippen molar-refractivity contribution in [1.82, 2.24) is 24.4 Å². The fourth-order valence-corrected chi connectivity index (χ4v) is 6.73. The second kappa shape index (κ2) is 10.6. The first-order valence-electron chi connectivity index (χ1n) is 14.4. The van der Waals surface area contributed by atoms with E-state index in [1.807, 2.05) is 32.0 Å². The van der Waals surface area contributed by atoms with Gasteiger partial charge in [-0.15, -0.1) is 5.01 Å². The average Bonchev–Trinajstić information content (AvgIpc) is 3.56. The maximum atomic E-state index is 13.5. The summed E-state index contributed by atoms with van der Waals surface area (Å²) in [6.07, 6.45) is -2.93. The van der Waals surface area contributed by atoms with Crippen molar-refractivity contribution >= 4 is 22.6 Å². The molecule has 3 fully saturated rings. The van der Waals surface area contributed by atoms with Gasteiger partial charge in [-0.2, -0.15) is 13.2 Å². The number of morpholine rings is 1.